The average Bonchev–Trinajstić information content (AvgIpc) is 2.87. The number of hydrogen-bond donors (Lipinski definition) is 2. The molecule has 0 bridgehead atoms. The highest BCUT2D eigenvalue weighted by molar-refractivity contribution is 9.10. The maximum absolute atomic E-state index is 10.7. The number of carbonyl (C=O) groups is 1. The second kappa shape index (κ2) is 7.06. The predicted molar refractivity (Wildman–Crippen MR) is 82.3 cm³/mol. The topological polar surface area (TPSA) is 88.2 Å². The first-order valence-electron chi connectivity index (χ1n) is 6.17. The zero-order valence-electron chi connectivity index (χ0n) is 11.2. The van der Waals surface area contributed by atoms with Crippen LogP contribution in [0.3, 0.4) is 0 Å². The fraction of sp³-hybridized carbons (Fsp3) is 0.308. The van der Waals surface area contributed by atoms with Crippen molar-refractivity contribution in [2.45, 2.75) is 24.7 Å². The van der Waals surface area contributed by atoms with E-state index in [4.69, 9.17) is 5.11 Å². The molecule has 21 heavy (non-hydrogen) atoms. The fourth-order valence-electron chi connectivity index (χ4n) is 1.94. The van der Waals surface area contributed by atoms with Crippen LogP contribution in [0.5, 0.6) is 0 Å². The zero-order chi connectivity index (χ0) is 15.4. The Kier molecular flexibility index (Phi) is 5.38. The molecule has 0 amide bonds. The number of carboxylic acid groups (broad SMARTS) is 1. The summed E-state index contributed by atoms with van der Waals surface area (Å²) in [5, 5.41) is 26.6. The van der Waals surface area contributed by atoms with Crippen molar-refractivity contribution in [1.29, 1.82) is 0 Å². The molecule has 112 valence electrons. The van der Waals surface area contributed by atoms with Crippen LogP contribution in [0.15, 0.2) is 33.9 Å². The van der Waals surface area contributed by atoms with Crippen molar-refractivity contribution in [3.63, 3.8) is 0 Å². The van der Waals surface area contributed by atoms with E-state index in [1.807, 2.05) is 31.2 Å². The molecule has 2 aromatic rings. The Bertz CT molecular complexity index is 647. The second-order valence-corrected chi connectivity index (χ2v) is 6.20. The summed E-state index contributed by atoms with van der Waals surface area (Å²) in [4.78, 5) is 10.7. The third kappa shape index (κ3) is 3.84. The van der Waals surface area contributed by atoms with Crippen LogP contribution in [0.25, 0.3) is 0 Å². The van der Waals surface area contributed by atoms with Crippen LogP contribution in [0.1, 0.15) is 24.4 Å². The number of hydrogen-bond acceptors (Lipinski definition) is 5. The van der Waals surface area contributed by atoms with E-state index in [1.54, 1.807) is 4.57 Å². The van der Waals surface area contributed by atoms with Crippen LogP contribution in [-0.2, 0) is 11.4 Å². The van der Waals surface area contributed by atoms with Gasteiger partial charge in [-0.3, -0.25) is 9.36 Å². The van der Waals surface area contributed by atoms with Gasteiger partial charge in [0.05, 0.1) is 11.8 Å². The van der Waals surface area contributed by atoms with E-state index in [9.17, 15) is 9.90 Å². The van der Waals surface area contributed by atoms with Crippen molar-refractivity contribution in [1.82, 2.24) is 14.8 Å². The molecule has 1 unspecified atom stereocenters. The van der Waals surface area contributed by atoms with Gasteiger partial charge in [-0.1, -0.05) is 39.8 Å². The molecule has 0 radical (unpaired) electrons. The minimum atomic E-state index is -0.921. The van der Waals surface area contributed by atoms with Crippen molar-refractivity contribution < 1.29 is 15.0 Å². The first-order valence-corrected chi connectivity index (χ1v) is 7.95. The van der Waals surface area contributed by atoms with E-state index in [-0.39, 0.29) is 18.4 Å². The Morgan fingerprint density at radius 3 is 2.86 bits per heavy atom. The Labute approximate surface area is 134 Å². The van der Waals surface area contributed by atoms with Crippen LogP contribution >= 0.6 is 27.7 Å². The summed E-state index contributed by atoms with van der Waals surface area (Å²) in [7, 11) is 0. The van der Waals surface area contributed by atoms with Crippen LogP contribution in [-0.4, -0.2) is 36.7 Å². The van der Waals surface area contributed by atoms with Gasteiger partial charge in [0.25, 0.3) is 0 Å². The van der Waals surface area contributed by atoms with Gasteiger partial charge in [0.1, 0.15) is 6.61 Å². The molecule has 2 rings (SSSR count). The molecular weight excluding hydrogens is 358 g/mol. The van der Waals surface area contributed by atoms with Crippen LogP contribution in [0, 0.1) is 0 Å². The lowest BCUT2D eigenvalue weighted by atomic mass is 10.1. The minimum Gasteiger partial charge on any atom is -0.481 e. The van der Waals surface area contributed by atoms with Gasteiger partial charge in [0, 0.05) is 4.47 Å². The molecule has 6 nitrogen and oxygen atoms in total. The van der Waals surface area contributed by atoms with Gasteiger partial charge in [-0.15, -0.1) is 10.2 Å². The van der Waals surface area contributed by atoms with Gasteiger partial charge in [-0.25, -0.2) is 0 Å². The Balaban J connectivity index is 2.36. The maximum Gasteiger partial charge on any atom is 0.313 e. The van der Waals surface area contributed by atoms with Crippen LogP contribution in [0.4, 0.5) is 0 Å². The Morgan fingerprint density at radius 2 is 2.24 bits per heavy atom. The number of aliphatic hydroxyl groups excluding tert-OH is 1. The largest absolute Gasteiger partial charge is 0.481 e. The summed E-state index contributed by atoms with van der Waals surface area (Å²) in [6.45, 7) is 1.70. The predicted octanol–water partition coefficient (Wildman–Crippen LogP) is 2.32. The number of rotatable bonds is 6. The molecule has 0 aliphatic rings. The third-order valence-corrected chi connectivity index (χ3v) is 4.34. The minimum absolute atomic E-state index is 0.102. The van der Waals surface area contributed by atoms with Crippen LogP contribution in [0.2, 0.25) is 0 Å². The molecule has 0 aliphatic carbocycles. The van der Waals surface area contributed by atoms with Crippen molar-refractivity contribution in [3.05, 3.63) is 40.1 Å². The van der Waals surface area contributed by atoms with Gasteiger partial charge in [0.15, 0.2) is 11.0 Å². The van der Waals surface area contributed by atoms with Crippen molar-refractivity contribution in [2.24, 2.45) is 0 Å². The Hall–Kier alpha value is -1.38. The molecule has 0 aliphatic heterocycles. The van der Waals surface area contributed by atoms with E-state index in [0.29, 0.717) is 11.0 Å². The van der Waals surface area contributed by atoms with Gasteiger partial charge < -0.3 is 10.2 Å². The third-order valence-electron chi connectivity index (χ3n) is 2.92. The first-order chi connectivity index (χ1) is 10.0. The summed E-state index contributed by atoms with van der Waals surface area (Å²) >= 11 is 4.51. The SMILES string of the molecule is CC(c1cccc(Br)c1)n1c(CO)nnc1SCC(=O)O. The standard InChI is InChI=1S/C13H14BrN3O3S/c1-8(9-3-2-4-10(14)5-9)17-11(6-18)15-16-13(17)21-7-12(19)20/h2-5,8,18H,6-7H2,1H3,(H,19,20). The van der Waals surface area contributed by atoms with Gasteiger partial charge >= 0.3 is 5.97 Å². The number of halogens is 1. The summed E-state index contributed by atoms with van der Waals surface area (Å²) in [5.41, 5.74) is 1.01. The highest BCUT2D eigenvalue weighted by atomic mass is 79.9. The average molecular weight is 372 g/mol. The lowest BCUT2D eigenvalue weighted by molar-refractivity contribution is -0.133. The molecule has 1 atom stereocenters. The monoisotopic (exact) mass is 371 g/mol. The number of carboxylic acids is 1. The van der Waals surface area contributed by atoms with Crippen molar-refractivity contribution >= 4 is 33.7 Å². The number of aliphatic carboxylic acids is 1. The summed E-state index contributed by atoms with van der Waals surface area (Å²) in [5.74, 6) is -0.611. The lowest BCUT2D eigenvalue weighted by Crippen LogP contribution is -2.13. The van der Waals surface area contributed by atoms with Gasteiger partial charge in [-0.05, 0) is 24.6 Å². The van der Waals surface area contributed by atoms with Gasteiger partial charge in [0.2, 0.25) is 0 Å². The van der Waals surface area contributed by atoms with Gasteiger partial charge in [-0.2, -0.15) is 0 Å². The van der Waals surface area contributed by atoms with E-state index in [2.05, 4.69) is 26.1 Å². The number of benzene rings is 1. The number of thioether (sulfide) groups is 1. The summed E-state index contributed by atoms with van der Waals surface area (Å²) in [6, 6.07) is 7.66. The van der Waals surface area contributed by atoms with E-state index < -0.39 is 5.97 Å². The molecule has 1 aromatic carbocycles. The molecule has 0 saturated carbocycles. The molecule has 0 saturated heterocycles. The van der Waals surface area contributed by atoms with E-state index in [1.165, 1.54) is 0 Å². The molecule has 8 heteroatoms. The summed E-state index contributed by atoms with van der Waals surface area (Å²) in [6.07, 6.45) is 0. The molecule has 0 fully saturated rings. The van der Waals surface area contributed by atoms with Crippen molar-refractivity contribution in [2.75, 3.05) is 5.75 Å². The van der Waals surface area contributed by atoms with E-state index in [0.717, 1.165) is 21.8 Å². The normalized spacial score (nSPS) is 12.3. The van der Waals surface area contributed by atoms with E-state index >= 15 is 0 Å². The number of aliphatic hydroxyl groups is 1. The molecule has 1 aromatic heterocycles. The molecule has 2 N–H and O–H groups in total. The highest BCUT2D eigenvalue weighted by Crippen LogP contribution is 2.27. The highest BCUT2D eigenvalue weighted by Gasteiger charge is 2.19. The number of aromatic nitrogens is 3. The molecular formula is C13H14BrN3O3S. The van der Waals surface area contributed by atoms with Crippen molar-refractivity contribution in [3.8, 4) is 0 Å². The second-order valence-electron chi connectivity index (χ2n) is 4.34. The lowest BCUT2D eigenvalue weighted by Gasteiger charge is -2.18. The first kappa shape index (κ1) is 16.0. The molecule has 1 heterocycles. The quantitative estimate of drug-likeness (QED) is 0.757. The maximum atomic E-state index is 10.7. The van der Waals surface area contributed by atoms with Crippen LogP contribution < -0.4 is 0 Å². The molecule has 0 spiro atoms. The smallest absolute Gasteiger partial charge is 0.313 e. The Morgan fingerprint density at radius 1 is 1.48 bits per heavy atom. The number of nitrogens with zero attached hydrogens (tertiary/aromatic N) is 3. The fourth-order valence-corrected chi connectivity index (χ4v) is 3.12. The zero-order valence-corrected chi connectivity index (χ0v) is 13.6. The summed E-state index contributed by atoms with van der Waals surface area (Å²) < 4.78 is 2.71.